The molecule has 2 N–H and O–H groups in total. The molecule has 43 heavy (non-hydrogen) atoms. The molecular weight excluding hydrogens is 530 g/mol. The fourth-order valence-electron chi connectivity index (χ4n) is 5.19. The van der Waals surface area contributed by atoms with Gasteiger partial charge in [0.05, 0.1) is 0 Å². The second kappa shape index (κ2) is 11.9. The molecule has 4 aromatic carbocycles. The SMILES string of the molecule is CC(C)(C)c1ccc(Cn2c(C(=O)NCc3ccccc3)cc3cc(NC(=O)c4ccc(C(C)(C)C)cc4)ccc32)cc1. The van der Waals surface area contributed by atoms with Crippen LogP contribution in [0, 0.1) is 0 Å². The lowest BCUT2D eigenvalue weighted by Crippen LogP contribution is -2.25. The van der Waals surface area contributed by atoms with Crippen LogP contribution < -0.4 is 10.6 Å². The average molecular weight is 572 g/mol. The van der Waals surface area contributed by atoms with Gasteiger partial charge in [-0.05, 0) is 69.5 Å². The molecule has 0 atom stereocenters. The molecule has 5 rings (SSSR count). The molecular formula is C38H41N3O2. The summed E-state index contributed by atoms with van der Waals surface area (Å²) < 4.78 is 2.05. The van der Waals surface area contributed by atoms with Crippen LogP contribution in [0.1, 0.15) is 84.6 Å². The molecule has 0 aliphatic rings. The van der Waals surface area contributed by atoms with E-state index in [1.807, 2.05) is 78.9 Å². The lowest BCUT2D eigenvalue weighted by Gasteiger charge is -2.19. The number of nitrogens with one attached hydrogen (secondary N) is 2. The molecule has 5 heteroatoms. The van der Waals surface area contributed by atoms with Crippen molar-refractivity contribution in [3.8, 4) is 0 Å². The van der Waals surface area contributed by atoms with Crippen molar-refractivity contribution in [2.45, 2.75) is 65.5 Å². The van der Waals surface area contributed by atoms with Crippen LogP contribution >= 0.6 is 0 Å². The maximum atomic E-state index is 13.5. The Labute approximate surface area is 255 Å². The number of anilines is 1. The van der Waals surface area contributed by atoms with Gasteiger partial charge in [0.25, 0.3) is 11.8 Å². The Balaban J connectivity index is 1.43. The Bertz CT molecular complexity index is 1730. The van der Waals surface area contributed by atoms with E-state index < -0.39 is 0 Å². The highest BCUT2D eigenvalue weighted by Gasteiger charge is 2.19. The van der Waals surface area contributed by atoms with Gasteiger partial charge in [-0.2, -0.15) is 0 Å². The zero-order valence-corrected chi connectivity index (χ0v) is 26.0. The van der Waals surface area contributed by atoms with E-state index in [4.69, 9.17) is 0 Å². The first kappa shape index (κ1) is 29.8. The second-order valence-corrected chi connectivity index (χ2v) is 13.3. The van der Waals surface area contributed by atoms with Crippen LogP contribution in [0.4, 0.5) is 5.69 Å². The third kappa shape index (κ3) is 7.06. The maximum Gasteiger partial charge on any atom is 0.268 e. The van der Waals surface area contributed by atoms with Crippen LogP contribution in [0.2, 0.25) is 0 Å². The summed E-state index contributed by atoms with van der Waals surface area (Å²) in [6.07, 6.45) is 0. The number of fused-ring (bicyclic) bond motifs is 1. The minimum Gasteiger partial charge on any atom is -0.347 e. The third-order valence-corrected chi connectivity index (χ3v) is 7.86. The van der Waals surface area contributed by atoms with E-state index in [9.17, 15) is 9.59 Å². The van der Waals surface area contributed by atoms with Gasteiger partial charge in [-0.1, -0.05) is 108 Å². The average Bonchev–Trinajstić information content (AvgIpc) is 3.33. The van der Waals surface area contributed by atoms with E-state index in [2.05, 4.69) is 81.0 Å². The smallest absolute Gasteiger partial charge is 0.268 e. The summed E-state index contributed by atoms with van der Waals surface area (Å²) in [5, 5.41) is 7.01. The van der Waals surface area contributed by atoms with Crippen LogP contribution in [0.5, 0.6) is 0 Å². The van der Waals surface area contributed by atoms with Crippen molar-refractivity contribution in [2.75, 3.05) is 5.32 Å². The number of carbonyl (C=O) groups is 2. The van der Waals surface area contributed by atoms with Crippen molar-refractivity contribution >= 4 is 28.4 Å². The first-order valence-electron chi connectivity index (χ1n) is 14.9. The second-order valence-electron chi connectivity index (χ2n) is 13.3. The Morgan fingerprint density at radius 1 is 0.651 bits per heavy atom. The van der Waals surface area contributed by atoms with Crippen molar-refractivity contribution in [3.05, 3.63) is 137 Å². The molecule has 2 amide bonds. The molecule has 220 valence electrons. The van der Waals surface area contributed by atoms with Gasteiger partial charge in [0.2, 0.25) is 0 Å². The van der Waals surface area contributed by atoms with E-state index in [-0.39, 0.29) is 22.6 Å². The van der Waals surface area contributed by atoms with Gasteiger partial charge in [0.15, 0.2) is 0 Å². The Hall–Kier alpha value is -4.64. The third-order valence-electron chi connectivity index (χ3n) is 7.86. The largest absolute Gasteiger partial charge is 0.347 e. The van der Waals surface area contributed by atoms with E-state index in [0.29, 0.717) is 30.0 Å². The molecule has 1 aromatic heterocycles. The van der Waals surface area contributed by atoms with Crippen LogP contribution in [0.15, 0.2) is 103 Å². The number of amides is 2. The molecule has 0 saturated heterocycles. The fraction of sp³-hybridized carbons (Fsp3) is 0.263. The zero-order chi connectivity index (χ0) is 30.8. The Morgan fingerprint density at radius 3 is 1.86 bits per heavy atom. The van der Waals surface area contributed by atoms with Crippen LogP contribution in [-0.4, -0.2) is 16.4 Å². The molecule has 5 nitrogen and oxygen atoms in total. The van der Waals surface area contributed by atoms with Gasteiger partial charge in [-0.15, -0.1) is 0 Å². The number of aromatic nitrogens is 1. The number of hydrogen-bond donors (Lipinski definition) is 2. The lowest BCUT2D eigenvalue weighted by molar-refractivity contribution is 0.0941. The predicted octanol–water partition coefficient (Wildman–Crippen LogP) is 8.47. The summed E-state index contributed by atoms with van der Waals surface area (Å²) in [6, 6.07) is 34.0. The van der Waals surface area contributed by atoms with Gasteiger partial charge in [-0.3, -0.25) is 9.59 Å². The first-order chi connectivity index (χ1) is 20.4. The molecule has 0 aliphatic heterocycles. The summed E-state index contributed by atoms with van der Waals surface area (Å²) >= 11 is 0. The quantitative estimate of drug-likeness (QED) is 0.206. The topological polar surface area (TPSA) is 63.1 Å². The summed E-state index contributed by atoms with van der Waals surface area (Å²) in [7, 11) is 0. The van der Waals surface area contributed by atoms with Gasteiger partial charge >= 0.3 is 0 Å². The monoisotopic (exact) mass is 571 g/mol. The molecule has 0 unspecified atom stereocenters. The van der Waals surface area contributed by atoms with E-state index in [1.54, 1.807) is 0 Å². The molecule has 0 spiro atoms. The van der Waals surface area contributed by atoms with Gasteiger partial charge in [0.1, 0.15) is 5.69 Å². The summed E-state index contributed by atoms with van der Waals surface area (Å²) in [5.74, 6) is -0.310. The Kier molecular flexibility index (Phi) is 8.27. The van der Waals surface area contributed by atoms with Crippen LogP contribution in [0.25, 0.3) is 10.9 Å². The Morgan fingerprint density at radius 2 is 1.26 bits per heavy atom. The molecule has 0 radical (unpaired) electrons. The van der Waals surface area contributed by atoms with E-state index in [1.165, 1.54) is 11.1 Å². The minimum atomic E-state index is -0.168. The summed E-state index contributed by atoms with van der Waals surface area (Å²) in [4.78, 5) is 26.6. The predicted molar refractivity (Wildman–Crippen MR) is 177 cm³/mol. The number of rotatable bonds is 7. The number of hydrogen-bond acceptors (Lipinski definition) is 2. The van der Waals surface area contributed by atoms with E-state index >= 15 is 0 Å². The van der Waals surface area contributed by atoms with E-state index in [0.717, 1.165) is 22.0 Å². The van der Waals surface area contributed by atoms with Crippen molar-refractivity contribution in [3.63, 3.8) is 0 Å². The number of benzene rings is 4. The minimum absolute atomic E-state index is 0.0208. The fourth-order valence-corrected chi connectivity index (χ4v) is 5.19. The van der Waals surface area contributed by atoms with Gasteiger partial charge in [0, 0.05) is 35.2 Å². The molecule has 0 saturated carbocycles. The van der Waals surface area contributed by atoms with Crippen LogP contribution in [0.3, 0.4) is 0 Å². The highest BCUT2D eigenvalue weighted by atomic mass is 16.2. The normalized spacial score (nSPS) is 11.9. The molecule has 5 aromatic rings. The van der Waals surface area contributed by atoms with Gasteiger partial charge in [-0.25, -0.2) is 0 Å². The zero-order valence-electron chi connectivity index (χ0n) is 26.0. The molecule has 0 bridgehead atoms. The summed E-state index contributed by atoms with van der Waals surface area (Å²) in [5.41, 5.74) is 7.47. The first-order valence-corrected chi connectivity index (χ1v) is 14.9. The highest BCUT2D eigenvalue weighted by Crippen LogP contribution is 2.28. The molecule has 0 fully saturated rings. The summed E-state index contributed by atoms with van der Waals surface area (Å²) in [6.45, 7) is 14.1. The van der Waals surface area contributed by atoms with Gasteiger partial charge < -0.3 is 15.2 Å². The highest BCUT2D eigenvalue weighted by molar-refractivity contribution is 6.06. The lowest BCUT2D eigenvalue weighted by atomic mass is 9.86. The molecule has 1 heterocycles. The van der Waals surface area contributed by atoms with Crippen molar-refractivity contribution in [2.24, 2.45) is 0 Å². The standard InChI is InChI=1S/C38H41N3O2/c1-37(2,3)30-16-12-27(13-17-30)25-41-33-21-20-32(40-35(42)28-14-18-31(19-15-28)38(4,5)6)22-29(33)23-34(41)36(43)39-24-26-10-8-7-9-11-26/h7-23H,24-25H2,1-6H3,(H,39,43)(H,40,42). The van der Waals surface area contributed by atoms with Crippen molar-refractivity contribution < 1.29 is 9.59 Å². The number of carbonyl (C=O) groups excluding carboxylic acids is 2. The number of nitrogens with zero attached hydrogens (tertiary/aromatic N) is 1. The van der Waals surface area contributed by atoms with Crippen molar-refractivity contribution in [1.29, 1.82) is 0 Å². The van der Waals surface area contributed by atoms with Crippen molar-refractivity contribution in [1.82, 2.24) is 9.88 Å². The molecule has 0 aliphatic carbocycles. The maximum absolute atomic E-state index is 13.5. The van der Waals surface area contributed by atoms with Crippen LogP contribution in [-0.2, 0) is 23.9 Å².